The minimum atomic E-state index is -0.339. The van der Waals surface area contributed by atoms with E-state index in [-0.39, 0.29) is 17.1 Å². The molecule has 0 spiro atoms. The zero-order valence-corrected chi connectivity index (χ0v) is 9.00. The molecule has 0 saturated carbocycles. The average Bonchev–Trinajstić information content (AvgIpc) is 2.25. The van der Waals surface area contributed by atoms with E-state index in [9.17, 15) is 9.90 Å². The van der Waals surface area contributed by atoms with Crippen LogP contribution >= 0.6 is 0 Å². The van der Waals surface area contributed by atoms with Crippen LogP contribution in [0, 0.1) is 5.41 Å². The summed E-state index contributed by atoms with van der Waals surface area (Å²) in [6, 6.07) is 5.13. The molecule has 80 valence electrons. The molecule has 1 aromatic rings. The number of phenolic OH excluding ortho intramolecular Hbond substituents is 1. The predicted molar refractivity (Wildman–Crippen MR) is 58.8 cm³/mol. The third kappa shape index (κ3) is 1.82. The molecule has 1 aromatic carbocycles. The molecule has 0 saturated heterocycles. The fraction of sp³-hybridized carbons (Fsp3) is 0.417. The first-order valence-corrected chi connectivity index (χ1v) is 5.12. The number of aryl methyl sites for hydroxylation is 1. The third-order valence-corrected chi connectivity index (χ3v) is 2.98. The van der Waals surface area contributed by atoms with Gasteiger partial charge in [0.25, 0.3) is 0 Å². The summed E-state index contributed by atoms with van der Waals surface area (Å²) in [6.07, 6.45) is 1.69. The Hall–Kier alpha value is -1.51. The van der Waals surface area contributed by atoms with Gasteiger partial charge in [0.15, 0.2) is 0 Å². The van der Waals surface area contributed by atoms with Gasteiger partial charge in [-0.3, -0.25) is 4.79 Å². The molecule has 1 heterocycles. The fourth-order valence-corrected chi connectivity index (χ4v) is 1.75. The first kappa shape index (κ1) is 10.0. The zero-order valence-electron chi connectivity index (χ0n) is 9.00. The quantitative estimate of drug-likeness (QED) is 0.682. The Morgan fingerprint density at radius 3 is 2.87 bits per heavy atom. The van der Waals surface area contributed by atoms with E-state index < -0.39 is 0 Å². The summed E-state index contributed by atoms with van der Waals surface area (Å²) in [5, 5.41) is 12.2. The number of phenols is 1. The summed E-state index contributed by atoms with van der Waals surface area (Å²) in [7, 11) is 0. The van der Waals surface area contributed by atoms with Gasteiger partial charge in [0.1, 0.15) is 5.75 Å². The highest BCUT2D eigenvalue weighted by Crippen LogP contribution is 2.33. The van der Waals surface area contributed by atoms with Crippen molar-refractivity contribution in [3.63, 3.8) is 0 Å². The number of benzene rings is 1. The van der Waals surface area contributed by atoms with Crippen LogP contribution in [0.25, 0.3) is 0 Å². The zero-order chi connectivity index (χ0) is 11.1. The number of hydrogen-bond acceptors (Lipinski definition) is 2. The van der Waals surface area contributed by atoms with Crippen LogP contribution in [0.1, 0.15) is 25.8 Å². The van der Waals surface area contributed by atoms with Crippen molar-refractivity contribution in [2.75, 3.05) is 5.32 Å². The molecule has 1 aliphatic heterocycles. The molecule has 0 unspecified atom stereocenters. The number of aromatic hydroxyl groups is 1. The van der Waals surface area contributed by atoms with E-state index in [1.807, 2.05) is 19.9 Å². The van der Waals surface area contributed by atoms with E-state index in [0.29, 0.717) is 0 Å². The smallest absolute Gasteiger partial charge is 0.230 e. The standard InChI is InChI=1S/C12H15NO2/c1-12(2)6-5-8-3-4-9(14)7-10(8)13-11(12)15/h3-4,7,14H,5-6H2,1-2H3,(H,13,15). The van der Waals surface area contributed by atoms with Crippen molar-refractivity contribution in [1.29, 1.82) is 0 Å². The van der Waals surface area contributed by atoms with E-state index in [1.54, 1.807) is 12.1 Å². The Labute approximate surface area is 89.1 Å². The Morgan fingerprint density at radius 1 is 1.40 bits per heavy atom. The van der Waals surface area contributed by atoms with Crippen LogP contribution in [0.3, 0.4) is 0 Å². The lowest BCUT2D eigenvalue weighted by Gasteiger charge is -2.19. The van der Waals surface area contributed by atoms with Gasteiger partial charge in [-0.1, -0.05) is 19.9 Å². The van der Waals surface area contributed by atoms with Gasteiger partial charge in [-0.25, -0.2) is 0 Å². The van der Waals surface area contributed by atoms with Crippen molar-refractivity contribution >= 4 is 11.6 Å². The molecule has 1 amide bonds. The largest absolute Gasteiger partial charge is 0.508 e. The minimum Gasteiger partial charge on any atom is -0.508 e. The molecule has 0 aliphatic carbocycles. The monoisotopic (exact) mass is 205 g/mol. The molecule has 2 N–H and O–H groups in total. The lowest BCUT2D eigenvalue weighted by Crippen LogP contribution is -2.29. The van der Waals surface area contributed by atoms with Gasteiger partial charge >= 0.3 is 0 Å². The first-order chi connectivity index (χ1) is 6.99. The van der Waals surface area contributed by atoms with Crippen molar-refractivity contribution in [2.45, 2.75) is 26.7 Å². The van der Waals surface area contributed by atoms with Crippen molar-refractivity contribution in [3.8, 4) is 5.75 Å². The number of amides is 1. The highest BCUT2D eigenvalue weighted by atomic mass is 16.3. The van der Waals surface area contributed by atoms with Crippen LogP contribution < -0.4 is 5.32 Å². The van der Waals surface area contributed by atoms with Crippen molar-refractivity contribution in [3.05, 3.63) is 23.8 Å². The molecule has 3 heteroatoms. The average molecular weight is 205 g/mol. The summed E-state index contributed by atoms with van der Waals surface area (Å²) in [4.78, 5) is 11.8. The number of fused-ring (bicyclic) bond motifs is 1. The maximum absolute atomic E-state index is 11.8. The van der Waals surface area contributed by atoms with Crippen molar-refractivity contribution in [2.24, 2.45) is 5.41 Å². The molecule has 0 radical (unpaired) electrons. The number of carbonyl (C=O) groups is 1. The molecular weight excluding hydrogens is 190 g/mol. The Balaban J connectivity index is 2.40. The Kier molecular flexibility index (Phi) is 2.18. The second-order valence-electron chi connectivity index (χ2n) is 4.68. The SMILES string of the molecule is CC1(C)CCc2ccc(O)cc2NC1=O. The van der Waals surface area contributed by atoms with Gasteiger partial charge in [-0.15, -0.1) is 0 Å². The number of nitrogens with one attached hydrogen (secondary N) is 1. The summed E-state index contributed by atoms with van der Waals surface area (Å²) in [5.41, 5.74) is 1.49. The molecule has 0 fully saturated rings. The molecule has 0 aromatic heterocycles. The number of hydrogen-bond donors (Lipinski definition) is 2. The van der Waals surface area contributed by atoms with Gasteiger partial charge in [0, 0.05) is 17.2 Å². The van der Waals surface area contributed by atoms with Crippen LogP contribution in [0.2, 0.25) is 0 Å². The summed E-state index contributed by atoms with van der Waals surface area (Å²) < 4.78 is 0. The van der Waals surface area contributed by atoms with E-state index in [0.717, 1.165) is 24.1 Å². The summed E-state index contributed by atoms with van der Waals surface area (Å²) in [6.45, 7) is 3.88. The lowest BCUT2D eigenvalue weighted by molar-refractivity contribution is -0.124. The van der Waals surface area contributed by atoms with Crippen molar-refractivity contribution < 1.29 is 9.90 Å². The topological polar surface area (TPSA) is 49.3 Å². The Bertz CT molecular complexity index is 410. The van der Waals surface area contributed by atoms with Crippen LogP contribution in [0.4, 0.5) is 5.69 Å². The van der Waals surface area contributed by atoms with E-state index in [1.165, 1.54) is 0 Å². The van der Waals surface area contributed by atoms with Crippen LogP contribution in [-0.2, 0) is 11.2 Å². The Morgan fingerprint density at radius 2 is 2.13 bits per heavy atom. The van der Waals surface area contributed by atoms with Crippen LogP contribution in [-0.4, -0.2) is 11.0 Å². The molecule has 1 aliphatic rings. The first-order valence-electron chi connectivity index (χ1n) is 5.12. The van der Waals surface area contributed by atoms with E-state index >= 15 is 0 Å². The van der Waals surface area contributed by atoms with E-state index in [4.69, 9.17) is 0 Å². The number of carbonyl (C=O) groups excluding carboxylic acids is 1. The normalized spacial score (nSPS) is 18.9. The second-order valence-corrected chi connectivity index (χ2v) is 4.68. The highest BCUT2D eigenvalue weighted by Gasteiger charge is 2.30. The molecule has 3 nitrogen and oxygen atoms in total. The molecule has 0 bridgehead atoms. The van der Waals surface area contributed by atoms with Crippen molar-refractivity contribution in [1.82, 2.24) is 0 Å². The molecule has 2 rings (SSSR count). The molecule has 15 heavy (non-hydrogen) atoms. The molecule has 0 atom stereocenters. The van der Waals surface area contributed by atoms with Gasteiger partial charge in [0.2, 0.25) is 5.91 Å². The van der Waals surface area contributed by atoms with Gasteiger partial charge in [0.05, 0.1) is 0 Å². The predicted octanol–water partition coefficient (Wildman–Crippen LogP) is 2.30. The van der Waals surface area contributed by atoms with Gasteiger partial charge in [-0.2, -0.15) is 0 Å². The van der Waals surface area contributed by atoms with E-state index in [2.05, 4.69) is 5.32 Å². The second kappa shape index (κ2) is 3.26. The fourth-order valence-electron chi connectivity index (χ4n) is 1.75. The van der Waals surface area contributed by atoms with Gasteiger partial charge in [-0.05, 0) is 24.5 Å². The highest BCUT2D eigenvalue weighted by molar-refractivity contribution is 5.96. The lowest BCUT2D eigenvalue weighted by atomic mass is 9.87. The van der Waals surface area contributed by atoms with Gasteiger partial charge < -0.3 is 10.4 Å². The third-order valence-electron chi connectivity index (χ3n) is 2.98. The maximum Gasteiger partial charge on any atom is 0.230 e. The minimum absolute atomic E-state index is 0.0202. The maximum atomic E-state index is 11.8. The summed E-state index contributed by atoms with van der Waals surface area (Å²) in [5.74, 6) is 0.209. The number of anilines is 1. The van der Waals surface area contributed by atoms with Crippen LogP contribution in [0.15, 0.2) is 18.2 Å². The molecular formula is C12H15NO2. The number of rotatable bonds is 0. The summed E-state index contributed by atoms with van der Waals surface area (Å²) >= 11 is 0. The van der Waals surface area contributed by atoms with Crippen LogP contribution in [0.5, 0.6) is 5.75 Å².